The van der Waals surface area contributed by atoms with E-state index in [1.54, 1.807) is 31.2 Å². The molecular formula is C40H44F6N4O5S. The molecule has 1 aromatic carbocycles. The highest BCUT2D eigenvalue weighted by molar-refractivity contribution is 7.10. The maximum absolute atomic E-state index is 15.0. The molecule has 0 aliphatic carbocycles. The number of carbonyl (C=O) groups is 3. The minimum absolute atomic E-state index is 0.0104. The van der Waals surface area contributed by atoms with Crippen molar-refractivity contribution in [2.24, 2.45) is 5.41 Å². The number of amides is 2. The summed E-state index contributed by atoms with van der Waals surface area (Å²) in [5, 5.41) is 11.8. The number of alkyl halides is 6. The van der Waals surface area contributed by atoms with E-state index in [1.807, 2.05) is 13.8 Å². The van der Waals surface area contributed by atoms with E-state index in [4.69, 9.17) is 9.47 Å². The first kappa shape index (κ1) is 42.5. The maximum Gasteiger partial charge on any atom is 0.425 e. The Morgan fingerprint density at radius 2 is 1.71 bits per heavy atom. The van der Waals surface area contributed by atoms with E-state index in [-0.39, 0.29) is 69.9 Å². The van der Waals surface area contributed by atoms with Crippen molar-refractivity contribution in [3.05, 3.63) is 75.7 Å². The number of halogens is 6. The van der Waals surface area contributed by atoms with Crippen molar-refractivity contribution in [1.29, 1.82) is 5.26 Å². The van der Waals surface area contributed by atoms with Crippen LogP contribution in [0.1, 0.15) is 99.0 Å². The van der Waals surface area contributed by atoms with Crippen LogP contribution in [0.2, 0.25) is 0 Å². The molecule has 16 heteroatoms. The third kappa shape index (κ3) is 8.67. The lowest BCUT2D eigenvalue weighted by Gasteiger charge is -2.51. The summed E-state index contributed by atoms with van der Waals surface area (Å²) in [5.41, 5.74) is -5.02. The number of pyridine rings is 1. The van der Waals surface area contributed by atoms with Crippen LogP contribution in [-0.2, 0) is 27.4 Å². The molecule has 56 heavy (non-hydrogen) atoms. The number of hydrogen-bond donors (Lipinski definition) is 0. The number of aromatic nitrogens is 1. The zero-order valence-corrected chi connectivity index (χ0v) is 32.4. The van der Waals surface area contributed by atoms with E-state index in [0.29, 0.717) is 41.6 Å². The number of benzene rings is 1. The second kappa shape index (κ2) is 16.4. The third-order valence-electron chi connectivity index (χ3n) is 11.0. The predicted octanol–water partition coefficient (Wildman–Crippen LogP) is 8.87. The van der Waals surface area contributed by atoms with E-state index in [1.165, 1.54) is 16.7 Å². The third-order valence-corrected chi connectivity index (χ3v) is 12.0. The SMILES string of the molecule is CCC[C@H]1N(C(=O)c2cnccc2C(F)(F)F)CCC[C@@]1(Oc1csc(C(F)(F)F)c1)C(=O)N1CCC(C#N)(c2ccccc2OCCC(C)(C)C(C)=O)CC1. The zero-order valence-electron chi connectivity index (χ0n) is 31.6. The molecule has 2 aliphatic heterocycles. The molecule has 0 radical (unpaired) electrons. The van der Waals surface area contributed by atoms with Crippen molar-refractivity contribution in [3.8, 4) is 17.6 Å². The molecule has 2 aromatic heterocycles. The second-order valence-corrected chi connectivity index (χ2v) is 15.9. The first-order chi connectivity index (χ1) is 26.3. The van der Waals surface area contributed by atoms with Crippen molar-refractivity contribution in [2.45, 2.75) is 102 Å². The lowest BCUT2D eigenvalue weighted by atomic mass is 9.72. The molecule has 2 amide bonds. The van der Waals surface area contributed by atoms with Crippen molar-refractivity contribution in [2.75, 3.05) is 26.2 Å². The molecule has 5 rings (SSSR count). The standard InChI is InChI=1S/C40H44F6N4O5S/c1-5-9-32-38(55-27-22-33(56-24-27)40(44,45)46,13-8-18-50(32)34(52)28-23-48-17-12-29(28)39(41,42)43)35(53)49-19-14-37(25-47,15-20-49)30-10-6-7-11-31(30)54-21-16-36(3,4)26(2)51/h6-7,10-12,17,22-24,32H,5,8-9,13-16,18-21H2,1-4H3/t32-,38+/m1/s1. The zero-order chi connectivity index (χ0) is 41.1. The van der Waals surface area contributed by atoms with Crippen LogP contribution in [0, 0.1) is 16.7 Å². The Morgan fingerprint density at radius 1 is 1.02 bits per heavy atom. The lowest BCUT2D eigenvalue weighted by molar-refractivity contribution is -0.160. The Bertz CT molecular complexity index is 1950. The van der Waals surface area contributed by atoms with Gasteiger partial charge in [0.1, 0.15) is 22.2 Å². The molecule has 0 bridgehead atoms. The van der Waals surface area contributed by atoms with Gasteiger partial charge in [0.05, 0.1) is 35.3 Å². The fourth-order valence-corrected chi connectivity index (χ4v) is 8.16. The number of Topliss-reactive ketones (excluding diaryl/α,β-unsaturated/α-hetero) is 1. The molecule has 0 unspecified atom stereocenters. The summed E-state index contributed by atoms with van der Waals surface area (Å²) < 4.78 is 95.9. The topological polar surface area (TPSA) is 113 Å². The molecule has 2 atom stereocenters. The van der Waals surface area contributed by atoms with Crippen molar-refractivity contribution < 1.29 is 50.2 Å². The number of nitrogens with zero attached hydrogens (tertiary/aromatic N) is 4. The number of ether oxygens (including phenoxy) is 2. The number of piperidine rings is 2. The fourth-order valence-electron chi connectivity index (χ4n) is 7.48. The molecule has 2 fully saturated rings. The van der Waals surface area contributed by atoms with Gasteiger partial charge in [-0.15, -0.1) is 11.3 Å². The molecule has 0 spiro atoms. The second-order valence-electron chi connectivity index (χ2n) is 15.0. The highest BCUT2D eigenvalue weighted by atomic mass is 32.1. The largest absolute Gasteiger partial charge is 0.493 e. The average molecular weight is 807 g/mol. The normalized spacial score (nSPS) is 20.3. The molecule has 0 saturated carbocycles. The van der Waals surface area contributed by atoms with Crippen LogP contribution < -0.4 is 9.47 Å². The summed E-state index contributed by atoms with van der Waals surface area (Å²) in [4.78, 5) is 46.6. The van der Waals surface area contributed by atoms with Crippen molar-refractivity contribution in [1.82, 2.24) is 14.8 Å². The Labute approximate surface area is 325 Å². The maximum atomic E-state index is 15.0. The quantitative estimate of drug-likeness (QED) is 0.168. The lowest BCUT2D eigenvalue weighted by Crippen LogP contribution is -2.68. The minimum atomic E-state index is -4.89. The monoisotopic (exact) mass is 806 g/mol. The van der Waals surface area contributed by atoms with Crippen molar-refractivity contribution >= 4 is 28.9 Å². The molecule has 9 nitrogen and oxygen atoms in total. The smallest absolute Gasteiger partial charge is 0.425 e. The summed E-state index contributed by atoms with van der Waals surface area (Å²) in [6.45, 7) is 7.14. The van der Waals surface area contributed by atoms with Gasteiger partial charge in [0, 0.05) is 60.9 Å². The number of thiophene rings is 1. The van der Waals surface area contributed by atoms with E-state index in [9.17, 15) is 41.2 Å². The number of nitriles is 1. The minimum Gasteiger partial charge on any atom is -0.493 e. The number of para-hydroxylation sites is 1. The summed E-state index contributed by atoms with van der Waals surface area (Å²) >= 11 is 0.371. The van der Waals surface area contributed by atoms with Gasteiger partial charge in [0.2, 0.25) is 5.60 Å². The van der Waals surface area contributed by atoms with Crippen LogP contribution in [0.15, 0.2) is 54.2 Å². The Morgan fingerprint density at radius 3 is 2.32 bits per heavy atom. The Hall–Kier alpha value is -4.65. The van der Waals surface area contributed by atoms with E-state index in [2.05, 4.69) is 11.1 Å². The van der Waals surface area contributed by atoms with Gasteiger partial charge in [-0.3, -0.25) is 19.4 Å². The number of hydrogen-bond acceptors (Lipinski definition) is 8. The molecule has 4 heterocycles. The van der Waals surface area contributed by atoms with E-state index in [0.717, 1.165) is 23.8 Å². The first-order valence-corrected chi connectivity index (χ1v) is 19.3. The van der Waals surface area contributed by atoms with Gasteiger partial charge >= 0.3 is 12.4 Å². The van der Waals surface area contributed by atoms with Gasteiger partial charge in [-0.2, -0.15) is 31.6 Å². The van der Waals surface area contributed by atoms with Crippen LogP contribution in [0.25, 0.3) is 0 Å². The highest BCUT2D eigenvalue weighted by Crippen LogP contribution is 2.45. The summed E-state index contributed by atoms with van der Waals surface area (Å²) in [7, 11) is 0. The van der Waals surface area contributed by atoms with Crippen LogP contribution >= 0.6 is 11.3 Å². The van der Waals surface area contributed by atoms with Crippen molar-refractivity contribution in [3.63, 3.8) is 0 Å². The van der Waals surface area contributed by atoms with Gasteiger partial charge in [-0.05, 0) is 51.2 Å². The summed E-state index contributed by atoms with van der Waals surface area (Å²) in [6.07, 6.45) is -6.65. The highest BCUT2D eigenvalue weighted by Gasteiger charge is 2.57. The van der Waals surface area contributed by atoms with Gasteiger partial charge in [0.25, 0.3) is 11.8 Å². The molecule has 2 aliphatic rings. The van der Waals surface area contributed by atoms with Crippen LogP contribution in [0.3, 0.4) is 0 Å². The molecule has 3 aromatic rings. The Balaban J connectivity index is 1.49. The molecule has 2 saturated heterocycles. The molecule has 0 N–H and O–H groups in total. The number of likely N-dealkylation sites (tertiary alicyclic amines) is 2. The van der Waals surface area contributed by atoms with Gasteiger partial charge in [-0.25, -0.2) is 0 Å². The molecular weight excluding hydrogens is 763 g/mol. The van der Waals surface area contributed by atoms with Crippen LogP contribution in [-0.4, -0.2) is 70.3 Å². The summed E-state index contributed by atoms with van der Waals surface area (Å²) in [6, 6.07) is 9.78. The number of rotatable bonds is 12. The molecule has 302 valence electrons. The van der Waals surface area contributed by atoms with Gasteiger partial charge in [0.15, 0.2) is 0 Å². The van der Waals surface area contributed by atoms with Crippen LogP contribution in [0.5, 0.6) is 11.5 Å². The van der Waals surface area contributed by atoms with Gasteiger partial charge in [-0.1, -0.05) is 45.4 Å². The predicted molar refractivity (Wildman–Crippen MR) is 195 cm³/mol. The fraction of sp³-hybridized carbons (Fsp3) is 0.525. The first-order valence-electron chi connectivity index (χ1n) is 18.4. The van der Waals surface area contributed by atoms with E-state index < -0.39 is 62.6 Å². The van der Waals surface area contributed by atoms with Crippen LogP contribution in [0.4, 0.5) is 26.3 Å². The van der Waals surface area contributed by atoms with E-state index >= 15 is 4.79 Å². The Kier molecular flexibility index (Phi) is 12.5. The average Bonchev–Trinajstić information content (AvgIpc) is 3.64. The van der Waals surface area contributed by atoms with Gasteiger partial charge < -0.3 is 19.3 Å². The number of ketones is 1. The number of carbonyl (C=O) groups excluding carboxylic acids is 3. The summed E-state index contributed by atoms with van der Waals surface area (Å²) in [5.74, 6) is -1.46.